The van der Waals surface area contributed by atoms with Gasteiger partial charge in [0, 0.05) is 50.5 Å². The first-order chi connectivity index (χ1) is 19.8. The van der Waals surface area contributed by atoms with Crippen molar-refractivity contribution in [3.05, 3.63) is 36.2 Å². The number of carboxylic acids is 1. The third-order valence-corrected chi connectivity index (χ3v) is 8.11. The quantitative estimate of drug-likeness (QED) is 0.304. The molecule has 3 atom stereocenters. The highest BCUT2D eigenvalue weighted by molar-refractivity contribution is 5.79. The summed E-state index contributed by atoms with van der Waals surface area (Å²) in [6.07, 6.45) is 8.06. The average molecular weight is 572 g/mol. The highest BCUT2D eigenvalue weighted by Gasteiger charge is 2.47. The number of unbranched alkanes of at least 4 members (excludes halogenated alkanes) is 2. The van der Waals surface area contributed by atoms with Crippen molar-refractivity contribution in [1.29, 1.82) is 0 Å². The molecule has 2 aliphatic heterocycles. The van der Waals surface area contributed by atoms with Gasteiger partial charge in [-0.2, -0.15) is 5.10 Å². The first-order valence-electron chi connectivity index (χ1n) is 14.7. The lowest BCUT2D eigenvalue weighted by atomic mass is 9.84. The van der Waals surface area contributed by atoms with Gasteiger partial charge in [-0.3, -0.25) is 19.2 Å². The Balaban J connectivity index is 1.58. The summed E-state index contributed by atoms with van der Waals surface area (Å²) in [5.41, 5.74) is 0.809. The van der Waals surface area contributed by atoms with E-state index in [-0.39, 0.29) is 31.2 Å². The van der Waals surface area contributed by atoms with Crippen molar-refractivity contribution in [3.8, 4) is 17.2 Å². The second-order valence-corrected chi connectivity index (χ2v) is 11.2. The van der Waals surface area contributed by atoms with Crippen LogP contribution in [0, 0.1) is 5.92 Å². The third-order valence-electron chi connectivity index (χ3n) is 8.11. The van der Waals surface area contributed by atoms with E-state index >= 15 is 0 Å². The van der Waals surface area contributed by atoms with Crippen molar-refractivity contribution in [2.45, 2.75) is 57.5 Å². The number of carboxylic acid groups (broad SMARTS) is 1. The second-order valence-electron chi connectivity index (χ2n) is 11.2. The first kappa shape index (κ1) is 30.6. The van der Waals surface area contributed by atoms with E-state index in [0.29, 0.717) is 49.8 Å². The zero-order chi connectivity index (χ0) is 29.4. The van der Waals surface area contributed by atoms with Crippen molar-refractivity contribution in [2.24, 2.45) is 5.92 Å². The predicted octanol–water partition coefficient (Wildman–Crippen LogP) is 3.15. The van der Waals surface area contributed by atoms with Gasteiger partial charge in [0.05, 0.1) is 19.6 Å². The number of methoxy groups -OCH3 is 1. The zero-order valence-corrected chi connectivity index (χ0v) is 24.8. The van der Waals surface area contributed by atoms with Gasteiger partial charge in [-0.1, -0.05) is 13.3 Å². The average Bonchev–Trinajstić information content (AvgIpc) is 3.70. The van der Waals surface area contributed by atoms with Crippen LogP contribution in [0.4, 0.5) is 0 Å². The van der Waals surface area contributed by atoms with Crippen LogP contribution in [-0.2, 0) is 16.1 Å². The lowest BCUT2D eigenvalue weighted by Gasteiger charge is -2.30. The highest BCUT2D eigenvalue weighted by atomic mass is 16.7. The summed E-state index contributed by atoms with van der Waals surface area (Å²) in [6, 6.07) is 5.22. The molecule has 0 aliphatic carbocycles. The number of carbonyl (C=O) groups is 2. The molecule has 1 aromatic heterocycles. The Morgan fingerprint density at radius 2 is 1.93 bits per heavy atom. The molecule has 0 saturated carbocycles. The molecule has 0 bridgehead atoms. The molecule has 1 saturated heterocycles. The number of likely N-dealkylation sites (tertiary alicyclic amines) is 1. The molecule has 2 aliphatic rings. The third kappa shape index (κ3) is 7.71. The van der Waals surface area contributed by atoms with E-state index in [9.17, 15) is 14.7 Å². The van der Waals surface area contributed by atoms with Crippen molar-refractivity contribution in [1.82, 2.24) is 24.5 Å². The van der Waals surface area contributed by atoms with Gasteiger partial charge in [0.15, 0.2) is 11.5 Å². The molecule has 0 spiro atoms. The topological polar surface area (TPSA) is 110 Å². The molecule has 1 aromatic carbocycles. The van der Waals surface area contributed by atoms with Gasteiger partial charge in [0.1, 0.15) is 0 Å². The molecule has 41 heavy (non-hydrogen) atoms. The molecule has 1 fully saturated rings. The summed E-state index contributed by atoms with van der Waals surface area (Å²) in [6.45, 7) is 5.82. The molecular formula is C30H45N5O6. The molecule has 11 heteroatoms. The van der Waals surface area contributed by atoms with Crippen molar-refractivity contribution in [3.63, 3.8) is 0 Å². The first-order valence-corrected chi connectivity index (χ1v) is 14.7. The maximum atomic E-state index is 13.7. The standard InChI is InChI=1S/C30H45N5O6/c1-5-6-13-33(14-8-7-12-32(2)3)27(36)20-34-19-23(22-17-25(39-4)29-26(18-22)40-21-41-29)28(30(37)38)24(34)10-16-35-15-9-11-31-35/h9,11,15,17-18,23-24,28H,5-8,10,12-14,16,19-21H2,1-4H3,(H,37,38). The Hall–Kier alpha value is -3.31. The minimum absolute atomic E-state index is 0.0560. The Kier molecular flexibility index (Phi) is 10.9. The molecule has 1 amide bonds. The number of hydrogen-bond acceptors (Lipinski definition) is 8. The van der Waals surface area contributed by atoms with Crippen molar-refractivity contribution in [2.75, 3.05) is 60.7 Å². The molecule has 3 unspecified atom stereocenters. The number of ether oxygens (including phenoxy) is 3. The highest BCUT2D eigenvalue weighted by Crippen LogP contribution is 2.47. The minimum atomic E-state index is -0.876. The maximum Gasteiger partial charge on any atom is 0.308 e. The fourth-order valence-electron chi connectivity index (χ4n) is 5.97. The summed E-state index contributed by atoms with van der Waals surface area (Å²) < 4.78 is 18.6. The smallest absolute Gasteiger partial charge is 0.308 e. The van der Waals surface area contributed by atoms with Crippen molar-refractivity contribution < 1.29 is 28.9 Å². The van der Waals surface area contributed by atoms with E-state index in [1.54, 1.807) is 13.3 Å². The predicted molar refractivity (Wildman–Crippen MR) is 154 cm³/mol. The number of nitrogens with zero attached hydrogens (tertiary/aromatic N) is 5. The van der Waals surface area contributed by atoms with Crippen LogP contribution >= 0.6 is 0 Å². The van der Waals surface area contributed by atoms with Crippen LogP contribution < -0.4 is 14.2 Å². The van der Waals surface area contributed by atoms with Crippen molar-refractivity contribution >= 4 is 11.9 Å². The molecule has 0 radical (unpaired) electrons. The number of hydrogen-bond donors (Lipinski definition) is 1. The fourth-order valence-corrected chi connectivity index (χ4v) is 5.97. The lowest BCUT2D eigenvalue weighted by molar-refractivity contribution is -0.144. The number of amides is 1. The van der Waals surface area contributed by atoms with E-state index < -0.39 is 11.9 Å². The number of fused-ring (bicyclic) bond motifs is 1. The van der Waals surface area contributed by atoms with Crippen LogP contribution in [0.1, 0.15) is 50.5 Å². The van der Waals surface area contributed by atoms with Crippen LogP contribution in [-0.4, -0.2) is 108 Å². The lowest BCUT2D eigenvalue weighted by Crippen LogP contribution is -2.45. The van der Waals surface area contributed by atoms with Crippen LogP contribution in [0.3, 0.4) is 0 Å². The van der Waals surface area contributed by atoms with E-state index in [0.717, 1.165) is 37.8 Å². The number of aryl methyl sites for hydroxylation is 1. The molecule has 226 valence electrons. The normalized spacial score (nSPS) is 20.1. The minimum Gasteiger partial charge on any atom is -0.493 e. The number of benzene rings is 1. The van der Waals surface area contributed by atoms with Gasteiger partial charge in [0.2, 0.25) is 18.4 Å². The Labute approximate surface area is 242 Å². The molecule has 11 nitrogen and oxygen atoms in total. The molecular weight excluding hydrogens is 526 g/mol. The largest absolute Gasteiger partial charge is 0.493 e. The second kappa shape index (κ2) is 14.5. The van der Waals surface area contributed by atoms with Gasteiger partial charge < -0.3 is 29.1 Å². The Bertz CT molecular complexity index is 1140. The fraction of sp³-hybridized carbons (Fsp3) is 0.633. The Morgan fingerprint density at radius 1 is 1.15 bits per heavy atom. The van der Waals surface area contributed by atoms with Gasteiger partial charge in [-0.25, -0.2) is 0 Å². The molecule has 2 aromatic rings. The Morgan fingerprint density at radius 3 is 2.61 bits per heavy atom. The van der Waals surface area contributed by atoms with Crippen LogP contribution in [0.15, 0.2) is 30.6 Å². The SMILES string of the molecule is CCCCN(CCCCN(C)C)C(=O)CN1CC(c2cc(OC)c3c(c2)OCO3)C(C(=O)O)C1CCn1cccn1. The maximum absolute atomic E-state index is 13.7. The summed E-state index contributed by atoms with van der Waals surface area (Å²) in [5, 5.41) is 14.8. The van der Waals surface area contributed by atoms with E-state index in [2.05, 4.69) is 35.9 Å². The van der Waals surface area contributed by atoms with Gasteiger partial charge in [0.25, 0.3) is 0 Å². The number of aliphatic carboxylic acids is 1. The summed E-state index contributed by atoms with van der Waals surface area (Å²) in [5.74, 6) is -0.286. The van der Waals surface area contributed by atoms with E-state index in [4.69, 9.17) is 14.2 Å². The summed E-state index contributed by atoms with van der Waals surface area (Å²) >= 11 is 0. The van der Waals surface area contributed by atoms with Gasteiger partial charge in [-0.05, 0) is 70.1 Å². The summed E-state index contributed by atoms with van der Waals surface area (Å²) in [7, 11) is 5.68. The number of rotatable bonds is 16. The van der Waals surface area contributed by atoms with Gasteiger partial charge in [-0.15, -0.1) is 0 Å². The monoisotopic (exact) mass is 571 g/mol. The zero-order valence-electron chi connectivity index (χ0n) is 24.8. The number of aromatic nitrogens is 2. The van der Waals surface area contributed by atoms with Crippen LogP contribution in [0.5, 0.6) is 17.2 Å². The van der Waals surface area contributed by atoms with E-state index in [1.807, 2.05) is 34.0 Å². The summed E-state index contributed by atoms with van der Waals surface area (Å²) in [4.78, 5) is 32.8. The molecule has 1 N–H and O–H groups in total. The van der Waals surface area contributed by atoms with Gasteiger partial charge >= 0.3 is 5.97 Å². The molecule has 3 heterocycles. The van der Waals surface area contributed by atoms with E-state index in [1.165, 1.54) is 0 Å². The van der Waals surface area contributed by atoms with Crippen LogP contribution in [0.2, 0.25) is 0 Å². The molecule has 4 rings (SSSR count). The number of carbonyl (C=O) groups excluding carboxylic acids is 1. The van der Waals surface area contributed by atoms with Crippen LogP contribution in [0.25, 0.3) is 0 Å².